The number of aliphatic hydroxyl groups is 1. The summed E-state index contributed by atoms with van der Waals surface area (Å²) < 4.78 is 5.27. The maximum absolute atomic E-state index is 9.61. The van der Waals surface area contributed by atoms with E-state index in [1.165, 1.54) is 5.56 Å². The zero-order valence-electron chi connectivity index (χ0n) is 17.4. The molecular weight excluding hydrogens is 352 g/mol. The zero-order valence-corrected chi connectivity index (χ0v) is 17.4. The van der Waals surface area contributed by atoms with Crippen LogP contribution >= 0.6 is 0 Å². The van der Waals surface area contributed by atoms with Crippen LogP contribution in [-0.4, -0.2) is 79.9 Å². The van der Waals surface area contributed by atoms with Gasteiger partial charge < -0.3 is 25.0 Å². The van der Waals surface area contributed by atoms with Crippen molar-refractivity contribution in [2.24, 2.45) is 4.99 Å². The topological polar surface area (TPSA) is 60.3 Å². The van der Waals surface area contributed by atoms with Crippen LogP contribution in [0.3, 0.4) is 0 Å². The third-order valence-electron chi connectivity index (χ3n) is 5.86. The highest BCUT2D eigenvalue weighted by atomic mass is 16.5. The van der Waals surface area contributed by atoms with Crippen molar-refractivity contribution in [3.63, 3.8) is 0 Å². The molecule has 2 aliphatic heterocycles. The van der Waals surface area contributed by atoms with E-state index in [2.05, 4.69) is 46.3 Å². The number of nitrogens with one attached hydrogen (secondary N) is 1. The van der Waals surface area contributed by atoms with Gasteiger partial charge in [0.15, 0.2) is 5.96 Å². The predicted molar refractivity (Wildman–Crippen MR) is 114 cm³/mol. The quantitative estimate of drug-likeness (QED) is 0.426. The first-order valence-electron chi connectivity index (χ1n) is 10.8. The second kappa shape index (κ2) is 10.7. The molecular formula is C22H36N4O2. The van der Waals surface area contributed by atoms with E-state index in [0.717, 1.165) is 83.2 Å². The fourth-order valence-electron chi connectivity index (χ4n) is 4.15. The molecule has 0 spiro atoms. The van der Waals surface area contributed by atoms with Gasteiger partial charge in [0.2, 0.25) is 0 Å². The van der Waals surface area contributed by atoms with E-state index in [-0.39, 0.29) is 6.10 Å². The van der Waals surface area contributed by atoms with E-state index < -0.39 is 0 Å². The van der Waals surface area contributed by atoms with Crippen LogP contribution in [-0.2, 0) is 0 Å². The molecule has 2 fully saturated rings. The van der Waals surface area contributed by atoms with Gasteiger partial charge in [-0.15, -0.1) is 0 Å². The Kier molecular flexibility index (Phi) is 7.98. The molecule has 28 heavy (non-hydrogen) atoms. The first-order chi connectivity index (χ1) is 13.7. The van der Waals surface area contributed by atoms with Crippen molar-refractivity contribution in [3.8, 4) is 5.75 Å². The molecule has 1 aromatic carbocycles. The maximum atomic E-state index is 9.61. The summed E-state index contributed by atoms with van der Waals surface area (Å²) >= 11 is 0. The van der Waals surface area contributed by atoms with Crippen molar-refractivity contribution < 1.29 is 9.84 Å². The van der Waals surface area contributed by atoms with Gasteiger partial charge in [0.05, 0.1) is 13.2 Å². The molecule has 0 aliphatic carbocycles. The molecule has 1 atom stereocenters. The first kappa shape index (κ1) is 20.9. The van der Waals surface area contributed by atoms with Crippen molar-refractivity contribution in [1.82, 2.24) is 15.1 Å². The van der Waals surface area contributed by atoms with Crippen molar-refractivity contribution in [2.45, 2.75) is 44.6 Å². The van der Waals surface area contributed by atoms with Gasteiger partial charge in [0, 0.05) is 45.2 Å². The third-order valence-corrected chi connectivity index (χ3v) is 5.86. The van der Waals surface area contributed by atoms with E-state index in [4.69, 9.17) is 9.73 Å². The summed E-state index contributed by atoms with van der Waals surface area (Å²) in [7, 11) is 1.71. The molecule has 6 nitrogen and oxygen atoms in total. The Morgan fingerprint density at radius 2 is 1.93 bits per heavy atom. The summed E-state index contributed by atoms with van der Waals surface area (Å²) in [6, 6.07) is 8.48. The summed E-state index contributed by atoms with van der Waals surface area (Å²) in [6.45, 7) is 9.04. The monoisotopic (exact) mass is 388 g/mol. The molecule has 0 amide bonds. The smallest absolute Gasteiger partial charge is 0.193 e. The lowest BCUT2D eigenvalue weighted by molar-refractivity contribution is 0.0824. The van der Waals surface area contributed by atoms with Crippen molar-refractivity contribution in [1.29, 1.82) is 0 Å². The van der Waals surface area contributed by atoms with Gasteiger partial charge in [-0.05, 0) is 56.8 Å². The third kappa shape index (κ3) is 5.85. The molecule has 0 aromatic heterocycles. The Labute approximate surface area is 169 Å². The summed E-state index contributed by atoms with van der Waals surface area (Å²) in [6.07, 6.45) is 3.95. The molecule has 0 saturated carbocycles. The molecule has 2 saturated heterocycles. The maximum Gasteiger partial charge on any atom is 0.193 e. The molecule has 2 aliphatic rings. The standard InChI is InChI=1S/C22H36N4O2/c1-3-23-22(24-12-4-13-25-14-10-20(27)11-15-25)26-16-9-19(17-26)18-5-7-21(28-2)8-6-18/h5-8,19-20,27H,3-4,9-17H2,1-2H3,(H,23,24). The molecule has 1 unspecified atom stereocenters. The predicted octanol–water partition coefficient (Wildman–Crippen LogP) is 2.30. The highest BCUT2D eigenvalue weighted by Crippen LogP contribution is 2.28. The van der Waals surface area contributed by atoms with Crippen LogP contribution in [0.25, 0.3) is 0 Å². The van der Waals surface area contributed by atoms with Crippen LogP contribution in [0, 0.1) is 0 Å². The van der Waals surface area contributed by atoms with Crippen molar-refractivity contribution in [3.05, 3.63) is 29.8 Å². The van der Waals surface area contributed by atoms with Gasteiger partial charge in [-0.3, -0.25) is 4.99 Å². The average molecular weight is 389 g/mol. The number of methoxy groups -OCH3 is 1. The lowest BCUT2D eigenvalue weighted by Gasteiger charge is -2.29. The van der Waals surface area contributed by atoms with Gasteiger partial charge in [-0.2, -0.15) is 0 Å². The number of ether oxygens (including phenoxy) is 1. The van der Waals surface area contributed by atoms with Gasteiger partial charge in [-0.25, -0.2) is 0 Å². The van der Waals surface area contributed by atoms with Crippen LogP contribution in [0.15, 0.2) is 29.3 Å². The minimum Gasteiger partial charge on any atom is -0.497 e. The molecule has 1 aromatic rings. The highest BCUT2D eigenvalue weighted by Gasteiger charge is 2.26. The highest BCUT2D eigenvalue weighted by molar-refractivity contribution is 5.80. The number of aliphatic imine (C=N–C) groups is 1. The van der Waals surface area contributed by atoms with E-state index >= 15 is 0 Å². The lowest BCUT2D eigenvalue weighted by atomic mass is 9.98. The lowest BCUT2D eigenvalue weighted by Crippen LogP contribution is -2.40. The number of benzene rings is 1. The van der Waals surface area contributed by atoms with E-state index in [1.54, 1.807) is 7.11 Å². The number of aliphatic hydroxyl groups excluding tert-OH is 1. The summed E-state index contributed by atoms with van der Waals surface area (Å²) in [5.41, 5.74) is 1.38. The van der Waals surface area contributed by atoms with E-state index in [9.17, 15) is 5.11 Å². The fourth-order valence-corrected chi connectivity index (χ4v) is 4.15. The van der Waals surface area contributed by atoms with Crippen LogP contribution < -0.4 is 10.1 Å². The summed E-state index contributed by atoms with van der Waals surface area (Å²) in [5, 5.41) is 13.1. The number of guanidine groups is 1. The van der Waals surface area contributed by atoms with Crippen LogP contribution in [0.4, 0.5) is 0 Å². The molecule has 156 valence electrons. The normalized spacial score (nSPS) is 21.9. The van der Waals surface area contributed by atoms with Gasteiger partial charge in [-0.1, -0.05) is 12.1 Å². The Bertz CT molecular complexity index is 611. The number of rotatable bonds is 7. The van der Waals surface area contributed by atoms with Crippen molar-refractivity contribution in [2.75, 3.05) is 52.9 Å². The molecule has 2 heterocycles. The van der Waals surface area contributed by atoms with Crippen LogP contribution in [0.2, 0.25) is 0 Å². The molecule has 0 radical (unpaired) electrons. The Hall–Kier alpha value is -1.79. The zero-order chi connectivity index (χ0) is 19.8. The number of hydrogen-bond acceptors (Lipinski definition) is 4. The van der Waals surface area contributed by atoms with Gasteiger partial charge in [0.1, 0.15) is 5.75 Å². The first-order valence-corrected chi connectivity index (χ1v) is 10.8. The Morgan fingerprint density at radius 1 is 1.18 bits per heavy atom. The summed E-state index contributed by atoms with van der Waals surface area (Å²) in [4.78, 5) is 9.73. The minimum absolute atomic E-state index is 0.0940. The number of hydrogen-bond donors (Lipinski definition) is 2. The second-order valence-corrected chi connectivity index (χ2v) is 7.87. The SMILES string of the molecule is CCNC(=NCCCN1CCC(O)CC1)N1CCC(c2ccc(OC)cc2)C1. The molecule has 2 N–H and O–H groups in total. The number of nitrogens with zero attached hydrogens (tertiary/aromatic N) is 3. The van der Waals surface area contributed by atoms with Crippen molar-refractivity contribution >= 4 is 5.96 Å². The Morgan fingerprint density at radius 3 is 2.61 bits per heavy atom. The van der Waals surface area contributed by atoms with Gasteiger partial charge >= 0.3 is 0 Å². The molecule has 0 bridgehead atoms. The van der Waals surface area contributed by atoms with Gasteiger partial charge in [0.25, 0.3) is 0 Å². The van der Waals surface area contributed by atoms with E-state index in [0.29, 0.717) is 5.92 Å². The largest absolute Gasteiger partial charge is 0.497 e. The fraction of sp³-hybridized carbons (Fsp3) is 0.682. The molecule has 3 rings (SSSR count). The van der Waals surface area contributed by atoms with Crippen LogP contribution in [0.5, 0.6) is 5.75 Å². The van der Waals surface area contributed by atoms with Crippen LogP contribution in [0.1, 0.15) is 44.1 Å². The van der Waals surface area contributed by atoms with E-state index in [1.807, 2.05) is 0 Å². The number of likely N-dealkylation sites (tertiary alicyclic amines) is 2. The average Bonchev–Trinajstić information content (AvgIpc) is 3.22. The number of piperidine rings is 1. The molecule has 6 heteroatoms. The minimum atomic E-state index is -0.0940. The second-order valence-electron chi connectivity index (χ2n) is 7.87. The summed E-state index contributed by atoms with van der Waals surface area (Å²) in [5.74, 6) is 2.51. The Balaban J connectivity index is 1.48.